The van der Waals surface area contributed by atoms with E-state index in [2.05, 4.69) is 41.4 Å². The number of nitrogens with zero attached hydrogens (tertiary/aromatic N) is 4. The fraction of sp³-hybridized carbons (Fsp3) is 0.208. The molecule has 7 heteroatoms. The Kier molecular flexibility index (Phi) is 5.11. The van der Waals surface area contributed by atoms with E-state index in [4.69, 9.17) is 14.6 Å². The van der Waals surface area contributed by atoms with Crippen molar-refractivity contribution < 1.29 is 9.47 Å². The van der Waals surface area contributed by atoms with Crippen LogP contribution < -0.4 is 9.47 Å². The summed E-state index contributed by atoms with van der Waals surface area (Å²) in [6.07, 6.45) is 0. The molecule has 0 amide bonds. The number of methoxy groups -OCH3 is 2. The summed E-state index contributed by atoms with van der Waals surface area (Å²) in [6, 6.07) is 20.6. The Morgan fingerprint density at radius 3 is 2.35 bits per heavy atom. The summed E-state index contributed by atoms with van der Waals surface area (Å²) >= 11 is 1.66. The maximum atomic E-state index is 5.33. The molecule has 1 unspecified atom stereocenters. The first-order valence-corrected chi connectivity index (χ1v) is 11.0. The third kappa shape index (κ3) is 3.65. The number of thioether (sulfide) groups is 1. The molecule has 6 nitrogen and oxygen atoms in total. The molecule has 31 heavy (non-hydrogen) atoms. The van der Waals surface area contributed by atoms with Crippen molar-refractivity contribution in [1.82, 2.24) is 14.9 Å². The zero-order valence-corrected chi connectivity index (χ0v) is 18.4. The Morgan fingerprint density at radius 2 is 1.58 bits per heavy atom. The highest BCUT2D eigenvalue weighted by molar-refractivity contribution is 7.99. The predicted octanol–water partition coefficient (Wildman–Crippen LogP) is 4.96. The normalized spacial score (nSPS) is 14.1. The molecule has 1 aromatic heterocycles. The third-order valence-electron chi connectivity index (χ3n) is 5.58. The van der Waals surface area contributed by atoms with Gasteiger partial charge in [0.05, 0.1) is 19.9 Å². The first-order valence-electron chi connectivity index (χ1n) is 10.0. The number of fused-ring (bicyclic) bond motifs is 2. The number of aromatic nitrogens is 3. The number of rotatable bonds is 5. The van der Waals surface area contributed by atoms with E-state index in [0.717, 1.165) is 44.9 Å². The molecule has 156 valence electrons. The quantitative estimate of drug-likeness (QED) is 0.448. The van der Waals surface area contributed by atoms with Crippen molar-refractivity contribution in [2.75, 3.05) is 20.0 Å². The lowest BCUT2D eigenvalue weighted by Gasteiger charge is -2.17. The molecule has 0 radical (unpaired) electrons. The number of ether oxygens (including phenoxy) is 2. The van der Waals surface area contributed by atoms with Crippen LogP contribution in [0.25, 0.3) is 10.8 Å². The van der Waals surface area contributed by atoms with Gasteiger partial charge in [-0.3, -0.25) is 0 Å². The van der Waals surface area contributed by atoms with Crippen LogP contribution in [-0.2, 0) is 0 Å². The molecule has 1 atom stereocenters. The van der Waals surface area contributed by atoms with Gasteiger partial charge in [-0.05, 0) is 58.3 Å². The maximum Gasteiger partial charge on any atom is 0.212 e. The largest absolute Gasteiger partial charge is 0.497 e. The zero-order valence-electron chi connectivity index (χ0n) is 17.6. The van der Waals surface area contributed by atoms with Gasteiger partial charge < -0.3 is 9.47 Å². The average molecular weight is 431 g/mol. The molecule has 0 N–H and O–H groups in total. The second-order valence-electron chi connectivity index (χ2n) is 7.41. The highest BCUT2D eigenvalue weighted by Gasteiger charge is 2.24. The Balaban J connectivity index is 1.49. The lowest BCUT2D eigenvalue weighted by atomic mass is 9.97. The molecule has 1 aliphatic rings. The van der Waals surface area contributed by atoms with Crippen LogP contribution in [0.15, 0.2) is 70.9 Å². The van der Waals surface area contributed by atoms with Crippen molar-refractivity contribution in [3.63, 3.8) is 0 Å². The van der Waals surface area contributed by atoms with E-state index in [1.165, 1.54) is 10.9 Å². The van der Waals surface area contributed by atoms with Gasteiger partial charge in [-0.15, -0.1) is 10.2 Å². The van der Waals surface area contributed by atoms with Crippen LogP contribution >= 0.6 is 11.8 Å². The second kappa shape index (κ2) is 8.07. The van der Waals surface area contributed by atoms with Crippen molar-refractivity contribution in [3.8, 4) is 11.5 Å². The second-order valence-corrected chi connectivity index (χ2v) is 8.35. The minimum atomic E-state index is 0.0484. The highest BCUT2D eigenvalue weighted by atomic mass is 32.2. The van der Waals surface area contributed by atoms with E-state index in [1.807, 2.05) is 41.1 Å². The van der Waals surface area contributed by atoms with E-state index in [1.54, 1.807) is 26.0 Å². The summed E-state index contributed by atoms with van der Waals surface area (Å²) in [5.74, 6) is 3.34. The molecule has 5 rings (SSSR count). The Hall–Kier alpha value is -3.32. The standard InChI is InChI=1S/C24H22N4O2S/c1-15(17-4-5-19-13-21(30-3)11-8-18(19)12-17)23-25-26-24-28(23)27-22(14-31-24)16-6-9-20(29-2)10-7-16/h4-13,15H,14H2,1-3H3. The van der Waals surface area contributed by atoms with Gasteiger partial charge in [0.15, 0.2) is 5.82 Å². The molecule has 1 aliphatic heterocycles. The molecule has 2 heterocycles. The van der Waals surface area contributed by atoms with Crippen LogP contribution in [0.1, 0.15) is 29.8 Å². The van der Waals surface area contributed by atoms with E-state index < -0.39 is 0 Å². The van der Waals surface area contributed by atoms with Gasteiger partial charge in [-0.1, -0.05) is 43.0 Å². The van der Waals surface area contributed by atoms with Crippen molar-refractivity contribution in [2.45, 2.75) is 18.0 Å². The summed E-state index contributed by atoms with van der Waals surface area (Å²) in [6.45, 7) is 2.14. The van der Waals surface area contributed by atoms with Gasteiger partial charge in [0.2, 0.25) is 5.16 Å². The molecular formula is C24H22N4O2S. The summed E-state index contributed by atoms with van der Waals surface area (Å²) < 4.78 is 12.5. The van der Waals surface area contributed by atoms with Crippen molar-refractivity contribution in [2.24, 2.45) is 5.10 Å². The van der Waals surface area contributed by atoms with Crippen LogP contribution in [0.3, 0.4) is 0 Å². The molecule has 0 aliphatic carbocycles. The Morgan fingerprint density at radius 1 is 0.871 bits per heavy atom. The van der Waals surface area contributed by atoms with E-state index in [-0.39, 0.29) is 5.92 Å². The molecule has 0 saturated heterocycles. The molecule has 0 bridgehead atoms. The fourth-order valence-corrected chi connectivity index (χ4v) is 4.57. The van der Waals surface area contributed by atoms with Gasteiger partial charge in [-0.25, -0.2) is 0 Å². The summed E-state index contributed by atoms with van der Waals surface area (Å²) in [7, 11) is 3.36. The SMILES string of the molecule is COc1ccc(C2=Nn3c(nnc3C(C)c3ccc4cc(OC)ccc4c3)SC2)cc1. The molecule has 3 aromatic carbocycles. The average Bonchev–Trinajstić information content (AvgIpc) is 3.26. The zero-order chi connectivity index (χ0) is 21.4. The first kappa shape index (κ1) is 19.6. The number of benzene rings is 3. The topological polar surface area (TPSA) is 61.5 Å². The van der Waals surface area contributed by atoms with Crippen molar-refractivity contribution >= 4 is 28.2 Å². The van der Waals surface area contributed by atoms with Crippen LogP contribution in [0.4, 0.5) is 0 Å². The minimum absolute atomic E-state index is 0.0484. The van der Waals surface area contributed by atoms with Crippen LogP contribution in [-0.4, -0.2) is 40.6 Å². The fourth-order valence-electron chi connectivity index (χ4n) is 3.73. The monoisotopic (exact) mass is 430 g/mol. The van der Waals surface area contributed by atoms with Gasteiger partial charge in [0, 0.05) is 11.7 Å². The van der Waals surface area contributed by atoms with Crippen LogP contribution in [0, 0.1) is 0 Å². The summed E-state index contributed by atoms with van der Waals surface area (Å²) in [4.78, 5) is 0. The Bertz CT molecular complexity index is 1280. The molecule has 4 aromatic rings. The van der Waals surface area contributed by atoms with Gasteiger partial charge in [-0.2, -0.15) is 9.78 Å². The van der Waals surface area contributed by atoms with E-state index >= 15 is 0 Å². The lowest BCUT2D eigenvalue weighted by molar-refractivity contribution is 0.415. The predicted molar refractivity (Wildman–Crippen MR) is 124 cm³/mol. The maximum absolute atomic E-state index is 5.33. The molecule has 0 fully saturated rings. The van der Waals surface area contributed by atoms with Crippen LogP contribution in [0.2, 0.25) is 0 Å². The van der Waals surface area contributed by atoms with E-state index in [9.17, 15) is 0 Å². The number of hydrogen-bond acceptors (Lipinski definition) is 6. The van der Waals surface area contributed by atoms with E-state index in [0.29, 0.717) is 0 Å². The molecule has 0 saturated carbocycles. The molecular weight excluding hydrogens is 408 g/mol. The summed E-state index contributed by atoms with van der Waals surface area (Å²) in [5, 5.41) is 16.9. The Labute approximate surface area is 184 Å². The summed E-state index contributed by atoms with van der Waals surface area (Å²) in [5.41, 5.74) is 3.24. The highest BCUT2D eigenvalue weighted by Crippen LogP contribution is 2.32. The van der Waals surface area contributed by atoms with Gasteiger partial charge in [0.25, 0.3) is 0 Å². The first-order chi connectivity index (χ1) is 15.2. The van der Waals surface area contributed by atoms with Gasteiger partial charge >= 0.3 is 0 Å². The smallest absolute Gasteiger partial charge is 0.212 e. The third-order valence-corrected chi connectivity index (χ3v) is 6.51. The van der Waals surface area contributed by atoms with Crippen molar-refractivity contribution in [3.05, 3.63) is 77.6 Å². The molecule has 0 spiro atoms. The van der Waals surface area contributed by atoms with Gasteiger partial charge in [0.1, 0.15) is 11.5 Å². The van der Waals surface area contributed by atoms with Crippen molar-refractivity contribution in [1.29, 1.82) is 0 Å². The lowest BCUT2D eigenvalue weighted by Crippen LogP contribution is -2.15. The van der Waals surface area contributed by atoms with Crippen LogP contribution in [0.5, 0.6) is 11.5 Å². The minimum Gasteiger partial charge on any atom is -0.497 e. The number of hydrogen-bond donors (Lipinski definition) is 0.